The average molecular weight is 467 g/mol. The minimum Gasteiger partial charge on any atom is -0.305 e. The van der Waals surface area contributed by atoms with E-state index in [1.165, 1.54) is 30.5 Å². The van der Waals surface area contributed by atoms with Gasteiger partial charge >= 0.3 is 0 Å². The highest BCUT2D eigenvalue weighted by atomic mass is 35.5. The summed E-state index contributed by atoms with van der Waals surface area (Å²) >= 11 is 11.7. The van der Waals surface area contributed by atoms with Crippen molar-refractivity contribution in [1.82, 2.24) is 19.4 Å². The summed E-state index contributed by atoms with van der Waals surface area (Å²) in [6.07, 6.45) is 1.25. The SMILES string of the molecule is CN(C)Cc1ccccc1CNS(=O)(=O)c1ccc(-n2ncc(Cl)c(Cl)c2=O)cc1. The van der Waals surface area contributed by atoms with Crippen LogP contribution in [0.4, 0.5) is 0 Å². The van der Waals surface area contributed by atoms with Crippen LogP contribution in [0.2, 0.25) is 10.0 Å². The highest BCUT2D eigenvalue weighted by molar-refractivity contribution is 7.89. The Hall–Kier alpha value is -2.23. The quantitative estimate of drug-likeness (QED) is 0.578. The summed E-state index contributed by atoms with van der Waals surface area (Å²) in [5.74, 6) is 0. The normalized spacial score (nSPS) is 11.8. The Balaban J connectivity index is 1.80. The molecule has 0 saturated carbocycles. The van der Waals surface area contributed by atoms with Crippen LogP contribution in [0.25, 0.3) is 5.69 Å². The fourth-order valence-corrected chi connectivity index (χ4v) is 4.10. The molecule has 1 heterocycles. The third kappa shape index (κ3) is 5.08. The summed E-state index contributed by atoms with van der Waals surface area (Å²) in [5, 5.41) is 3.83. The molecule has 1 aromatic heterocycles. The summed E-state index contributed by atoms with van der Waals surface area (Å²) in [4.78, 5) is 14.3. The molecule has 1 N–H and O–H groups in total. The first kappa shape index (κ1) is 22.5. The largest absolute Gasteiger partial charge is 0.305 e. The smallest absolute Gasteiger partial charge is 0.291 e. The molecular formula is C20H20Cl2N4O3S. The molecule has 158 valence electrons. The number of nitrogens with one attached hydrogen (secondary N) is 1. The van der Waals surface area contributed by atoms with Gasteiger partial charge in [0.25, 0.3) is 5.56 Å². The molecule has 0 atom stereocenters. The Morgan fingerprint density at radius 3 is 2.30 bits per heavy atom. The van der Waals surface area contributed by atoms with E-state index in [-0.39, 0.29) is 21.5 Å². The number of benzene rings is 2. The van der Waals surface area contributed by atoms with E-state index < -0.39 is 15.6 Å². The molecule has 7 nitrogen and oxygen atoms in total. The standard InChI is InChI=1S/C20H20Cl2N4O3S/c1-25(2)13-15-6-4-3-5-14(15)11-24-30(28,29)17-9-7-16(8-10-17)26-20(27)19(22)18(21)12-23-26/h3-10,12,24H,11,13H2,1-2H3. The van der Waals surface area contributed by atoms with Crippen LogP contribution in [-0.4, -0.2) is 37.2 Å². The molecule has 0 unspecified atom stereocenters. The monoisotopic (exact) mass is 466 g/mol. The van der Waals surface area contributed by atoms with E-state index in [9.17, 15) is 13.2 Å². The Morgan fingerprint density at radius 1 is 1.03 bits per heavy atom. The van der Waals surface area contributed by atoms with E-state index in [0.717, 1.165) is 15.8 Å². The highest BCUT2D eigenvalue weighted by Gasteiger charge is 2.16. The number of sulfonamides is 1. The van der Waals surface area contributed by atoms with E-state index in [1.54, 1.807) is 0 Å². The predicted molar refractivity (Wildman–Crippen MR) is 118 cm³/mol. The van der Waals surface area contributed by atoms with Crippen LogP contribution in [0.5, 0.6) is 0 Å². The number of aromatic nitrogens is 2. The van der Waals surface area contributed by atoms with E-state index in [0.29, 0.717) is 12.2 Å². The van der Waals surface area contributed by atoms with Gasteiger partial charge in [0.15, 0.2) is 0 Å². The van der Waals surface area contributed by atoms with Gasteiger partial charge in [-0.25, -0.2) is 13.1 Å². The molecule has 0 amide bonds. The second-order valence-corrected chi connectivity index (χ2v) is 9.40. The molecule has 0 spiro atoms. The second-order valence-electron chi connectivity index (χ2n) is 6.85. The van der Waals surface area contributed by atoms with E-state index in [4.69, 9.17) is 23.2 Å². The molecule has 0 radical (unpaired) electrons. The lowest BCUT2D eigenvalue weighted by molar-refractivity contribution is 0.400. The number of nitrogens with zero attached hydrogens (tertiary/aromatic N) is 3. The van der Waals surface area contributed by atoms with Crippen molar-refractivity contribution >= 4 is 33.2 Å². The lowest BCUT2D eigenvalue weighted by Crippen LogP contribution is -2.25. The summed E-state index contributed by atoms with van der Waals surface area (Å²) in [6, 6.07) is 13.4. The lowest BCUT2D eigenvalue weighted by Gasteiger charge is -2.15. The number of hydrogen-bond acceptors (Lipinski definition) is 5. The minimum atomic E-state index is -3.75. The fraction of sp³-hybridized carbons (Fsp3) is 0.200. The van der Waals surface area contributed by atoms with Crippen LogP contribution < -0.4 is 10.3 Å². The van der Waals surface area contributed by atoms with Crippen molar-refractivity contribution in [1.29, 1.82) is 0 Å². The maximum atomic E-state index is 12.7. The molecule has 0 bridgehead atoms. The molecule has 0 aliphatic rings. The fourth-order valence-electron chi connectivity index (χ4n) is 2.84. The van der Waals surface area contributed by atoms with Gasteiger partial charge < -0.3 is 4.90 Å². The molecular weight excluding hydrogens is 447 g/mol. The number of rotatable bonds is 7. The number of halogens is 2. The van der Waals surface area contributed by atoms with Gasteiger partial charge in [0.05, 0.1) is 21.8 Å². The topological polar surface area (TPSA) is 84.3 Å². The maximum Gasteiger partial charge on any atom is 0.291 e. The van der Waals surface area contributed by atoms with Crippen LogP contribution in [0, 0.1) is 0 Å². The van der Waals surface area contributed by atoms with Gasteiger partial charge in [-0.15, -0.1) is 0 Å². The molecule has 0 aliphatic carbocycles. The molecule has 3 rings (SSSR count). The Morgan fingerprint density at radius 2 is 1.67 bits per heavy atom. The molecule has 2 aromatic carbocycles. The zero-order valence-corrected chi connectivity index (χ0v) is 18.7. The number of hydrogen-bond donors (Lipinski definition) is 1. The summed E-state index contributed by atoms with van der Waals surface area (Å²) in [5.41, 5.74) is 1.73. The van der Waals surface area contributed by atoms with Crippen molar-refractivity contribution in [3.8, 4) is 5.69 Å². The van der Waals surface area contributed by atoms with Gasteiger partial charge in [-0.1, -0.05) is 47.5 Å². The zero-order valence-electron chi connectivity index (χ0n) is 16.3. The summed E-state index contributed by atoms with van der Waals surface area (Å²) in [6.45, 7) is 0.875. The Bertz CT molecular complexity index is 1210. The first-order valence-corrected chi connectivity index (χ1v) is 11.2. The first-order valence-electron chi connectivity index (χ1n) is 8.94. The van der Waals surface area contributed by atoms with Crippen molar-refractivity contribution in [3.63, 3.8) is 0 Å². The van der Waals surface area contributed by atoms with E-state index in [2.05, 4.69) is 9.82 Å². The van der Waals surface area contributed by atoms with Crippen molar-refractivity contribution in [3.05, 3.63) is 86.3 Å². The van der Waals surface area contributed by atoms with Gasteiger partial charge in [0.2, 0.25) is 10.0 Å². The van der Waals surface area contributed by atoms with E-state index >= 15 is 0 Å². The van der Waals surface area contributed by atoms with Crippen LogP contribution in [0.3, 0.4) is 0 Å². The molecule has 3 aromatic rings. The third-order valence-corrected chi connectivity index (χ3v) is 6.49. The second kappa shape index (κ2) is 9.28. The minimum absolute atomic E-state index is 0.0517. The average Bonchev–Trinajstić information content (AvgIpc) is 2.71. The Kier molecular flexibility index (Phi) is 6.95. The zero-order chi connectivity index (χ0) is 21.9. The van der Waals surface area contributed by atoms with Crippen molar-refractivity contribution in [2.45, 2.75) is 18.0 Å². The van der Waals surface area contributed by atoms with Gasteiger partial charge in [0, 0.05) is 13.1 Å². The molecule has 30 heavy (non-hydrogen) atoms. The molecule has 0 fully saturated rings. The molecule has 0 saturated heterocycles. The van der Waals surface area contributed by atoms with Crippen LogP contribution in [-0.2, 0) is 23.1 Å². The predicted octanol–water partition coefficient (Wildman–Crippen LogP) is 3.08. The lowest BCUT2D eigenvalue weighted by atomic mass is 10.1. The van der Waals surface area contributed by atoms with E-state index in [1.807, 2.05) is 43.3 Å². The van der Waals surface area contributed by atoms with Crippen molar-refractivity contribution in [2.75, 3.05) is 14.1 Å². The third-order valence-electron chi connectivity index (χ3n) is 4.33. The first-order chi connectivity index (χ1) is 14.2. The van der Waals surface area contributed by atoms with Gasteiger partial charge in [-0.2, -0.15) is 9.78 Å². The van der Waals surface area contributed by atoms with Crippen molar-refractivity contribution < 1.29 is 8.42 Å². The summed E-state index contributed by atoms with van der Waals surface area (Å²) < 4.78 is 29.1. The van der Waals surface area contributed by atoms with Crippen LogP contribution >= 0.6 is 23.2 Å². The molecule has 0 aliphatic heterocycles. The van der Waals surface area contributed by atoms with Crippen LogP contribution in [0.15, 0.2) is 64.4 Å². The highest BCUT2D eigenvalue weighted by Crippen LogP contribution is 2.18. The van der Waals surface area contributed by atoms with Gasteiger partial charge in [-0.3, -0.25) is 4.79 Å². The summed E-state index contributed by atoms with van der Waals surface area (Å²) in [7, 11) is 0.164. The van der Waals surface area contributed by atoms with Crippen molar-refractivity contribution in [2.24, 2.45) is 0 Å². The molecule has 10 heteroatoms. The van der Waals surface area contributed by atoms with Gasteiger partial charge in [-0.05, 0) is 49.5 Å². The Labute approximate surface area is 184 Å². The maximum absolute atomic E-state index is 12.7. The van der Waals surface area contributed by atoms with Crippen LogP contribution in [0.1, 0.15) is 11.1 Å². The van der Waals surface area contributed by atoms with Gasteiger partial charge in [0.1, 0.15) is 5.02 Å².